The van der Waals surface area contributed by atoms with E-state index in [-0.39, 0.29) is 34.9 Å². The summed E-state index contributed by atoms with van der Waals surface area (Å²) in [6, 6.07) is 1.84. The molecule has 6 heteroatoms. The van der Waals surface area contributed by atoms with E-state index in [1.165, 1.54) is 0 Å². The van der Waals surface area contributed by atoms with Crippen LogP contribution in [0.1, 0.15) is 49.5 Å². The topological polar surface area (TPSA) is 71.5 Å². The van der Waals surface area contributed by atoms with E-state index >= 15 is 0 Å². The number of hydrogen-bond acceptors (Lipinski definition) is 4. The second kappa shape index (κ2) is 6.30. The standard InChI is InChI=1S/C21H29N3O3/c1-13-6-8-22-9-14(13)18(25)23-10-15-16-11-24(19(26)20(2,3)4)12-21(16)7-5-17(15)27-21/h6,8-9,15-17H,5,7,10-12H2,1-4H3,(H,23,25)/t15-,16+,17+,21+/m0/s1. The summed E-state index contributed by atoms with van der Waals surface area (Å²) >= 11 is 0. The molecule has 4 atom stereocenters. The van der Waals surface area contributed by atoms with Crippen molar-refractivity contribution in [1.29, 1.82) is 0 Å². The van der Waals surface area contributed by atoms with Crippen LogP contribution in [-0.2, 0) is 9.53 Å². The van der Waals surface area contributed by atoms with Crippen molar-refractivity contribution in [2.45, 2.75) is 52.2 Å². The number of ether oxygens (including phenoxy) is 1. The number of aryl methyl sites for hydroxylation is 1. The monoisotopic (exact) mass is 371 g/mol. The van der Waals surface area contributed by atoms with Crippen molar-refractivity contribution in [2.24, 2.45) is 17.3 Å². The number of carbonyl (C=O) groups excluding carboxylic acids is 2. The van der Waals surface area contributed by atoms with Gasteiger partial charge >= 0.3 is 0 Å². The van der Waals surface area contributed by atoms with Crippen molar-refractivity contribution in [2.75, 3.05) is 19.6 Å². The van der Waals surface area contributed by atoms with Crippen molar-refractivity contribution >= 4 is 11.8 Å². The number of likely N-dealkylation sites (tertiary alicyclic amines) is 1. The molecule has 3 aliphatic heterocycles. The minimum atomic E-state index is -0.380. The Kier molecular flexibility index (Phi) is 4.29. The molecule has 0 aromatic carbocycles. The van der Waals surface area contributed by atoms with Crippen molar-refractivity contribution in [3.8, 4) is 0 Å². The zero-order valence-corrected chi connectivity index (χ0v) is 16.6. The first kappa shape index (κ1) is 18.4. The molecule has 4 rings (SSSR count). The maximum Gasteiger partial charge on any atom is 0.253 e. The Bertz CT molecular complexity index is 772. The van der Waals surface area contributed by atoms with E-state index in [1.54, 1.807) is 12.4 Å². The molecule has 0 unspecified atom stereocenters. The highest BCUT2D eigenvalue weighted by Crippen LogP contribution is 2.55. The van der Waals surface area contributed by atoms with Gasteiger partial charge in [-0.05, 0) is 31.4 Å². The van der Waals surface area contributed by atoms with Crippen molar-refractivity contribution in [3.63, 3.8) is 0 Å². The van der Waals surface area contributed by atoms with E-state index in [4.69, 9.17) is 4.74 Å². The summed E-state index contributed by atoms with van der Waals surface area (Å²) in [6.07, 6.45) is 5.53. The first-order chi connectivity index (χ1) is 12.7. The lowest BCUT2D eigenvalue weighted by molar-refractivity contribution is -0.139. The molecular weight excluding hydrogens is 342 g/mol. The molecule has 27 heavy (non-hydrogen) atoms. The number of aromatic nitrogens is 1. The molecule has 1 aromatic rings. The Morgan fingerprint density at radius 3 is 2.89 bits per heavy atom. The van der Waals surface area contributed by atoms with Gasteiger partial charge in [0.2, 0.25) is 5.91 Å². The number of amides is 2. The van der Waals surface area contributed by atoms with Crippen molar-refractivity contribution in [1.82, 2.24) is 15.2 Å². The average molecular weight is 371 g/mol. The minimum Gasteiger partial charge on any atom is -0.369 e. The Balaban J connectivity index is 1.45. The van der Waals surface area contributed by atoms with E-state index in [0.717, 1.165) is 24.9 Å². The molecule has 0 radical (unpaired) electrons. The normalized spacial score (nSPS) is 31.9. The number of nitrogens with one attached hydrogen (secondary N) is 1. The highest BCUT2D eigenvalue weighted by Gasteiger charge is 2.63. The zero-order chi connectivity index (χ0) is 19.4. The van der Waals surface area contributed by atoms with Crippen LogP contribution in [-0.4, -0.2) is 53.0 Å². The van der Waals surface area contributed by atoms with Crippen LogP contribution in [0.5, 0.6) is 0 Å². The van der Waals surface area contributed by atoms with Gasteiger partial charge in [0.1, 0.15) is 0 Å². The van der Waals surface area contributed by atoms with E-state index in [9.17, 15) is 9.59 Å². The van der Waals surface area contributed by atoms with E-state index in [0.29, 0.717) is 24.6 Å². The van der Waals surface area contributed by atoms with Crippen LogP contribution in [0.2, 0.25) is 0 Å². The minimum absolute atomic E-state index is 0.0851. The highest BCUT2D eigenvalue weighted by atomic mass is 16.5. The molecule has 146 valence electrons. The van der Waals surface area contributed by atoms with E-state index < -0.39 is 0 Å². The molecule has 0 aliphatic carbocycles. The third kappa shape index (κ3) is 3.04. The number of carbonyl (C=O) groups is 2. The van der Waals surface area contributed by atoms with Gasteiger partial charge < -0.3 is 15.0 Å². The third-order valence-electron chi connectivity index (χ3n) is 6.49. The Morgan fingerprint density at radius 2 is 2.19 bits per heavy atom. The summed E-state index contributed by atoms with van der Waals surface area (Å²) < 4.78 is 6.39. The largest absolute Gasteiger partial charge is 0.369 e. The molecule has 4 heterocycles. The van der Waals surface area contributed by atoms with Crippen LogP contribution in [0.15, 0.2) is 18.5 Å². The van der Waals surface area contributed by atoms with E-state index in [2.05, 4.69) is 10.3 Å². The van der Waals surface area contributed by atoms with Gasteiger partial charge in [-0.25, -0.2) is 0 Å². The number of nitrogens with zero attached hydrogens (tertiary/aromatic N) is 2. The molecule has 2 amide bonds. The fourth-order valence-corrected chi connectivity index (χ4v) is 5.10. The molecule has 3 fully saturated rings. The number of fused-ring (bicyclic) bond motifs is 1. The van der Waals surface area contributed by atoms with Crippen LogP contribution < -0.4 is 5.32 Å². The molecule has 1 spiro atoms. The first-order valence-electron chi connectivity index (χ1n) is 9.87. The number of rotatable bonds is 3. The lowest BCUT2D eigenvalue weighted by Gasteiger charge is -2.29. The van der Waals surface area contributed by atoms with Gasteiger partial charge in [0.15, 0.2) is 0 Å². The second-order valence-electron chi connectivity index (χ2n) is 9.37. The fraction of sp³-hybridized carbons (Fsp3) is 0.667. The van der Waals surface area contributed by atoms with Gasteiger partial charge in [0.25, 0.3) is 5.91 Å². The van der Waals surface area contributed by atoms with Crippen LogP contribution >= 0.6 is 0 Å². The predicted octanol–water partition coefficient (Wildman–Crippen LogP) is 2.17. The quantitative estimate of drug-likeness (QED) is 0.884. The van der Waals surface area contributed by atoms with Crippen LogP contribution in [0.4, 0.5) is 0 Å². The zero-order valence-electron chi connectivity index (χ0n) is 16.6. The molecule has 1 N–H and O–H groups in total. The Labute approximate surface area is 160 Å². The summed E-state index contributed by atoms with van der Waals surface area (Å²) in [5.74, 6) is 0.667. The maximum atomic E-state index is 12.8. The average Bonchev–Trinajstić information content (AvgIpc) is 3.26. The smallest absolute Gasteiger partial charge is 0.253 e. The Hall–Kier alpha value is -1.95. The number of pyridine rings is 1. The molecule has 6 nitrogen and oxygen atoms in total. The molecule has 3 saturated heterocycles. The Morgan fingerprint density at radius 1 is 1.41 bits per heavy atom. The van der Waals surface area contributed by atoms with Gasteiger partial charge in [0.05, 0.1) is 23.8 Å². The second-order valence-corrected chi connectivity index (χ2v) is 9.37. The lowest BCUT2D eigenvalue weighted by atomic mass is 9.73. The van der Waals surface area contributed by atoms with Crippen LogP contribution in [0, 0.1) is 24.2 Å². The van der Waals surface area contributed by atoms with Crippen molar-refractivity contribution < 1.29 is 14.3 Å². The molecule has 0 saturated carbocycles. The van der Waals surface area contributed by atoms with Gasteiger partial charge in [-0.15, -0.1) is 0 Å². The number of hydrogen-bond donors (Lipinski definition) is 1. The summed E-state index contributed by atoms with van der Waals surface area (Å²) in [5.41, 5.74) is 0.957. The summed E-state index contributed by atoms with van der Waals surface area (Å²) in [5, 5.41) is 3.09. The van der Waals surface area contributed by atoms with Crippen LogP contribution in [0.25, 0.3) is 0 Å². The molecule has 1 aromatic heterocycles. The molecule has 3 aliphatic rings. The summed E-state index contributed by atoms with van der Waals surface area (Å²) in [4.78, 5) is 31.4. The highest BCUT2D eigenvalue weighted by molar-refractivity contribution is 5.95. The fourth-order valence-electron chi connectivity index (χ4n) is 5.10. The lowest BCUT2D eigenvalue weighted by Crippen LogP contribution is -2.42. The summed E-state index contributed by atoms with van der Waals surface area (Å²) in [7, 11) is 0. The van der Waals surface area contributed by atoms with Crippen LogP contribution in [0.3, 0.4) is 0 Å². The van der Waals surface area contributed by atoms with E-state index in [1.807, 2.05) is 38.7 Å². The third-order valence-corrected chi connectivity index (χ3v) is 6.49. The van der Waals surface area contributed by atoms with Gasteiger partial charge in [-0.2, -0.15) is 0 Å². The SMILES string of the molecule is Cc1ccncc1C(=O)NC[C@H]1[C@H]2CN(C(=O)C(C)(C)C)C[C@]23CC[C@H]1O3. The van der Waals surface area contributed by atoms with Gasteiger partial charge in [-0.3, -0.25) is 14.6 Å². The van der Waals surface area contributed by atoms with Crippen molar-refractivity contribution in [3.05, 3.63) is 29.6 Å². The maximum absolute atomic E-state index is 12.8. The van der Waals surface area contributed by atoms with Gasteiger partial charge in [-0.1, -0.05) is 20.8 Å². The summed E-state index contributed by atoms with van der Waals surface area (Å²) in [6.45, 7) is 9.82. The molecular formula is C21H29N3O3. The van der Waals surface area contributed by atoms with Gasteiger partial charge in [0, 0.05) is 42.7 Å². The molecule has 2 bridgehead atoms. The predicted molar refractivity (Wildman–Crippen MR) is 101 cm³/mol. The first-order valence-corrected chi connectivity index (χ1v) is 9.87.